The summed E-state index contributed by atoms with van der Waals surface area (Å²) in [5, 5.41) is 2.83. The van der Waals surface area contributed by atoms with Gasteiger partial charge in [-0.1, -0.05) is 6.92 Å². The topological polar surface area (TPSA) is 69.7 Å². The van der Waals surface area contributed by atoms with E-state index in [1.54, 1.807) is 20.0 Å². The maximum Gasteiger partial charge on any atom is 0.256 e. The first kappa shape index (κ1) is 19.4. The number of nitrogens with one attached hydrogen (secondary N) is 1. The van der Waals surface area contributed by atoms with E-state index in [0.717, 1.165) is 12.0 Å². The van der Waals surface area contributed by atoms with Crippen LogP contribution in [0.15, 0.2) is 12.3 Å². The molecular formula is C17H28N2O4. The summed E-state index contributed by atoms with van der Waals surface area (Å²) in [6.45, 7) is 11.5. The second-order valence-corrected chi connectivity index (χ2v) is 5.70. The van der Waals surface area contributed by atoms with Gasteiger partial charge in [0, 0.05) is 18.8 Å². The van der Waals surface area contributed by atoms with Crippen molar-refractivity contribution in [3.05, 3.63) is 17.8 Å². The molecule has 0 saturated carbocycles. The molecule has 1 N–H and O–H groups in total. The van der Waals surface area contributed by atoms with Crippen LogP contribution in [0, 0.1) is 6.92 Å². The number of anilines is 1. The lowest BCUT2D eigenvalue weighted by molar-refractivity contribution is -0.137. The Labute approximate surface area is 138 Å². The maximum atomic E-state index is 12.3. The zero-order valence-electron chi connectivity index (χ0n) is 14.8. The molecule has 0 radical (unpaired) electrons. The number of aromatic nitrogens is 1. The smallest absolute Gasteiger partial charge is 0.256 e. The minimum absolute atomic E-state index is 0.197. The number of carbonyl (C=O) groups excluding carboxylic acids is 1. The number of ether oxygens (including phenoxy) is 3. The van der Waals surface area contributed by atoms with Gasteiger partial charge in [0.15, 0.2) is 0 Å². The third-order valence-electron chi connectivity index (χ3n) is 3.17. The molecule has 0 aliphatic carbocycles. The van der Waals surface area contributed by atoms with Crippen LogP contribution < -0.4 is 10.1 Å². The van der Waals surface area contributed by atoms with Gasteiger partial charge in [-0.2, -0.15) is 0 Å². The van der Waals surface area contributed by atoms with Gasteiger partial charge in [0.25, 0.3) is 5.91 Å². The highest BCUT2D eigenvalue weighted by atomic mass is 16.5. The molecule has 23 heavy (non-hydrogen) atoms. The molecule has 1 aromatic heterocycles. The highest BCUT2D eigenvalue weighted by Crippen LogP contribution is 2.20. The highest BCUT2D eigenvalue weighted by molar-refractivity contribution is 5.96. The second kappa shape index (κ2) is 9.47. The first-order valence-corrected chi connectivity index (χ1v) is 8.03. The molecule has 1 rings (SSSR count). The van der Waals surface area contributed by atoms with Gasteiger partial charge in [-0.05, 0) is 40.2 Å². The van der Waals surface area contributed by atoms with Crippen LogP contribution in [0.5, 0.6) is 5.88 Å². The Bertz CT molecular complexity index is 503. The second-order valence-electron chi connectivity index (χ2n) is 5.70. The fourth-order valence-electron chi connectivity index (χ4n) is 1.83. The van der Waals surface area contributed by atoms with E-state index in [1.165, 1.54) is 0 Å². The molecule has 0 aromatic carbocycles. The summed E-state index contributed by atoms with van der Waals surface area (Å²) < 4.78 is 16.3. The molecule has 0 fully saturated rings. The number of carbonyl (C=O) groups is 1. The average Bonchev–Trinajstić information content (AvgIpc) is 2.51. The summed E-state index contributed by atoms with van der Waals surface area (Å²) in [4.78, 5) is 16.5. The summed E-state index contributed by atoms with van der Waals surface area (Å²) in [6.07, 6.45) is 2.45. The fraction of sp³-hybridized carbons (Fsp3) is 0.647. The third kappa shape index (κ3) is 6.54. The van der Waals surface area contributed by atoms with Gasteiger partial charge in [0.1, 0.15) is 12.2 Å². The zero-order chi connectivity index (χ0) is 17.3. The van der Waals surface area contributed by atoms with Crippen molar-refractivity contribution in [2.24, 2.45) is 0 Å². The van der Waals surface area contributed by atoms with Crippen molar-refractivity contribution < 1.29 is 19.0 Å². The molecule has 0 aliphatic rings. The molecule has 1 aromatic rings. The molecule has 0 spiro atoms. The van der Waals surface area contributed by atoms with Gasteiger partial charge < -0.3 is 19.5 Å². The van der Waals surface area contributed by atoms with E-state index in [4.69, 9.17) is 14.2 Å². The lowest BCUT2D eigenvalue weighted by Gasteiger charge is -2.24. The summed E-state index contributed by atoms with van der Waals surface area (Å²) in [6, 6.07) is 1.83. The monoisotopic (exact) mass is 324 g/mol. The molecule has 130 valence electrons. The van der Waals surface area contributed by atoms with Gasteiger partial charge in [0.2, 0.25) is 5.88 Å². The predicted octanol–water partition coefficient (Wildman–Crippen LogP) is 2.95. The maximum absolute atomic E-state index is 12.3. The van der Waals surface area contributed by atoms with Gasteiger partial charge in [-0.25, -0.2) is 4.98 Å². The number of pyridine rings is 1. The minimum atomic E-state index is -0.878. The molecule has 1 amide bonds. The van der Waals surface area contributed by atoms with Crippen molar-refractivity contribution >= 4 is 11.6 Å². The van der Waals surface area contributed by atoms with Crippen molar-refractivity contribution in [3.63, 3.8) is 0 Å². The van der Waals surface area contributed by atoms with Crippen LogP contribution in [-0.4, -0.2) is 42.9 Å². The van der Waals surface area contributed by atoms with E-state index in [-0.39, 0.29) is 5.91 Å². The van der Waals surface area contributed by atoms with E-state index in [2.05, 4.69) is 10.3 Å². The molecule has 0 unspecified atom stereocenters. The summed E-state index contributed by atoms with van der Waals surface area (Å²) in [5.41, 5.74) is 0.598. The summed E-state index contributed by atoms with van der Waals surface area (Å²) >= 11 is 0. The van der Waals surface area contributed by atoms with Crippen LogP contribution in [0.4, 0.5) is 5.69 Å². The van der Waals surface area contributed by atoms with Gasteiger partial charge >= 0.3 is 0 Å². The number of aryl methyl sites for hydroxylation is 1. The lowest BCUT2D eigenvalue weighted by Crippen LogP contribution is -2.40. The first-order valence-electron chi connectivity index (χ1n) is 8.03. The molecule has 6 heteroatoms. The Morgan fingerprint density at radius 3 is 2.61 bits per heavy atom. The minimum Gasteiger partial charge on any atom is -0.475 e. The van der Waals surface area contributed by atoms with Crippen LogP contribution >= 0.6 is 0 Å². The van der Waals surface area contributed by atoms with E-state index in [1.807, 2.05) is 26.8 Å². The number of rotatable bonds is 10. The van der Waals surface area contributed by atoms with Crippen molar-refractivity contribution in [1.82, 2.24) is 4.98 Å². The Kier molecular flexibility index (Phi) is 7.98. The van der Waals surface area contributed by atoms with E-state index < -0.39 is 5.60 Å². The number of amides is 1. The Morgan fingerprint density at radius 2 is 2.00 bits per heavy atom. The zero-order valence-corrected chi connectivity index (χ0v) is 14.8. The predicted molar refractivity (Wildman–Crippen MR) is 89.9 cm³/mol. The van der Waals surface area contributed by atoms with Crippen molar-refractivity contribution in [2.45, 2.75) is 46.6 Å². The molecule has 0 aliphatic heterocycles. The summed E-state index contributed by atoms with van der Waals surface area (Å²) in [7, 11) is 0. The number of hydrogen-bond acceptors (Lipinski definition) is 5. The van der Waals surface area contributed by atoms with Crippen LogP contribution in [-0.2, 0) is 14.3 Å². The first-order chi connectivity index (χ1) is 10.9. The lowest BCUT2D eigenvalue weighted by atomic mass is 10.1. The Morgan fingerprint density at radius 1 is 1.26 bits per heavy atom. The van der Waals surface area contributed by atoms with Crippen molar-refractivity contribution in [3.8, 4) is 5.88 Å². The molecule has 6 nitrogen and oxygen atoms in total. The molecule has 1 heterocycles. The largest absolute Gasteiger partial charge is 0.475 e. The SMILES string of the molecule is CCCOC(C)(C)C(=O)Nc1cnc(OCCOCC)c(C)c1. The average molecular weight is 324 g/mol. The standard InChI is InChI=1S/C17H28N2O4/c1-6-8-23-17(4,5)16(20)19-14-11-13(3)15(18-12-14)22-10-9-21-7-2/h11-12H,6-10H2,1-5H3,(H,19,20). The third-order valence-corrected chi connectivity index (χ3v) is 3.17. The summed E-state index contributed by atoms with van der Waals surface area (Å²) in [5.74, 6) is 0.348. The van der Waals surface area contributed by atoms with Crippen LogP contribution in [0.25, 0.3) is 0 Å². The molecular weight excluding hydrogens is 296 g/mol. The Hall–Kier alpha value is -1.66. The van der Waals surface area contributed by atoms with Crippen molar-refractivity contribution in [2.75, 3.05) is 31.7 Å². The highest BCUT2D eigenvalue weighted by Gasteiger charge is 2.28. The number of hydrogen-bond donors (Lipinski definition) is 1. The molecule has 0 atom stereocenters. The van der Waals surface area contributed by atoms with E-state index in [0.29, 0.717) is 38.0 Å². The number of nitrogens with zero attached hydrogens (tertiary/aromatic N) is 1. The fourth-order valence-corrected chi connectivity index (χ4v) is 1.83. The van der Waals surface area contributed by atoms with E-state index >= 15 is 0 Å². The van der Waals surface area contributed by atoms with Gasteiger partial charge in [-0.3, -0.25) is 4.79 Å². The quantitative estimate of drug-likeness (QED) is 0.670. The normalized spacial score (nSPS) is 11.3. The molecule has 0 bridgehead atoms. The Balaban J connectivity index is 2.61. The van der Waals surface area contributed by atoms with Crippen LogP contribution in [0.3, 0.4) is 0 Å². The van der Waals surface area contributed by atoms with Crippen LogP contribution in [0.1, 0.15) is 39.7 Å². The van der Waals surface area contributed by atoms with Crippen LogP contribution in [0.2, 0.25) is 0 Å². The van der Waals surface area contributed by atoms with Crippen molar-refractivity contribution in [1.29, 1.82) is 0 Å². The van der Waals surface area contributed by atoms with Gasteiger partial charge in [-0.15, -0.1) is 0 Å². The van der Waals surface area contributed by atoms with Gasteiger partial charge in [0.05, 0.1) is 18.5 Å². The van der Waals surface area contributed by atoms with E-state index in [9.17, 15) is 4.79 Å². The molecule has 0 saturated heterocycles.